The molecule has 3 atom stereocenters. The van der Waals surface area contributed by atoms with E-state index in [1.807, 2.05) is 60.7 Å². The molecule has 4 rings (SSSR count). The number of rotatable bonds is 4. The first-order chi connectivity index (χ1) is 12.1. The zero-order valence-corrected chi connectivity index (χ0v) is 13.5. The Hall–Kier alpha value is -2.86. The highest BCUT2D eigenvalue weighted by Gasteiger charge is 2.58. The first-order valence-electron chi connectivity index (χ1n) is 8.19. The Labute approximate surface area is 145 Å². The minimum atomic E-state index is -1.30. The van der Waals surface area contributed by atoms with Crippen LogP contribution in [0.25, 0.3) is 0 Å². The van der Waals surface area contributed by atoms with Crippen molar-refractivity contribution in [3.63, 3.8) is 0 Å². The monoisotopic (exact) mass is 338 g/mol. The van der Waals surface area contributed by atoms with Crippen LogP contribution in [0, 0.1) is 0 Å². The van der Waals surface area contributed by atoms with E-state index in [9.17, 15) is 14.7 Å². The lowest BCUT2D eigenvalue weighted by Crippen LogP contribution is -2.41. The molecule has 1 N–H and O–H groups in total. The Bertz CT molecular complexity index is 781. The number of ether oxygens (including phenoxy) is 1. The smallest absolute Gasteiger partial charge is 0.333 e. The Balaban J connectivity index is 1.64. The van der Waals surface area contributed by atoms with Crippen molar-refractivity contribution in [2.24, 2.45) is 0 Å². The van der Waals surface area contributed by atoms with Gasteiger partial charge in [0.2, 0.25) is 6.29 Å². The van der Waals surface area contributed by atoms with Crippen molar-refractivity contribution < 1.29 is 19.4 Å². The van der Waals surface area contributed by atoms with Crippen molar-refractivity contribution in [1.29, 1.82) is 0 Å². The van der Waals surface area contributed by atoms with Crippen molar-refractivity contribution in [3.8, 4) is 0 Å². The molecule has 0 spiro atoms. The molecule has 2 heterocycles. The molecule has 2 aromatic rings. The lowest BCUT2D eigenvalue weighted by molar-refractivity contribution is -0.158. The molecule has 0 unspecified atom stereocenters. The van der Waals surface area contributed by atoms with E-state index in [-0.39, 0.29) is 6.03 Å². The predicted octanol–water partition coefficient (Wildman–Crippen LogP) is 1.74. The summed E-state index contributed by atoms with van der Waals surface area (Å²) in [6.45, 7) is 0.619. The molecule has 2 aliphatic rings. The summed E-state index contributed by atoms with van der Waals surface area (Å²) >= 11 is 0. The van der Waals surface area contributed by atoms with Crippen molar-refractivity contribution in [2.45, 2.75) is 31.5 Å². The van der Waals surface area contributed by atoms with E-state index in [0.29, 0.717) is 13.1 Å². The molecule has 2 aliphatic heterocycles. The van der Waals surface area contributed by atoms with Crippen LogP contribution in [0.3, 0.4) is 0 Å². The molecule has 2 fully saturated rings. The first kappa shape index (κ1) is 15.7. The van der Waals surface area contributed by atoms with E-state index in [0.717, 1.165) is 11.1 Å². The molecule has 2 amide bonds. The van der Waals surface area contributed by atoms with Crippen molar-refractivity contribution in [2.75, 3.05) is 0 Å². The van der Waals surface area contributed by atoms with E-state index in [1.165, 1.54) is 9.80 Å². The van der Waals surface area contributed by atoms with Gasteiger partial charge in [0, 0.05) is 13.1 Å². The average Bonchev–Trinajstić information content (AvgIpc) is 3.06. The van der Waals surface area contributed by atoms with Crippen LogP contribution in [0.2, 0.25) is 0 Å². The van der Waals surface area contributed by atoms with Crippen LogP contribution in [0.4, 0.5) is 4.79 Å². The molecule has 25 heavy (non-hydrogen) atoms. The minimum Gasteiger partial charge on any atom is -0.432 e. The molecule has 0 aromatic heterocycles. The number of aliphatic hydroxyl groups excluding tert-OH is 1. The van der Waals surface area contributed by atoms with E-state index in [1.54, 1.807) is 0 Å². The summed E-state index contributed by atoms with van der Waals surface area (Å²) in [5.41, 5.74) is 1.85. The second kappa shape index (κ2) is 6.22. The molecule has 2 saturated heterocycles. The summed E-state index contributed by atoms with van der Waals surface area (Å²) in [7, 11) is 0. The number of amides is 2. The van der Waals surface area contributed by atoms with Crippen LogP contribution in [0.15, 0.2) is 60.7 Å². The molecular formula is C19H18N2O4. The van der Waals surface area contributed by atoms with E-state index < -0.39 is 24.3 Å². The number of hydrogen-bond acceptors (Lipinski definition) is 4. The van der Waals surface area contributed by atoms with Gasteiger partial charge >= 0.3 is 12.0 Å². The van der Waals surface area contributed by atoms with E-state index >= 15 is 0 Å². The third-order valence-corrected chi connectivity index (χ3v) is 4.67. The number of carbonyl (C=O) groups excluding carboxylic acids is 2. The number of urea groups is 1. The maximum absolute atomic E-state index is 13.0. The number of esters is 1. The van der Waals surface area contributed by atoms with Gasteiger partial charge in [0.15, 0.2) is 6.04 Å². The number of benzene rings is 2. The van der Waals surface area contributed by atoms with Gasteiger partial charge in [-0.25, -0.2) is 9.59 Å². The Morgan fingerprint density at radius 1 is 0.840 bits per heavy atom. The van der Waals surface area contributed by atoms with Gasteiger partial charge in [0.1, 0.15) is 6.04 Å². The highest BCUT2D eigenvalue weighted by Crippen LogP contribution is 2.34. The molecule has 6 heteroatoms. The summed E-state index contributed by atoms with van der Waals surface area (Å²) in [6, 6.07) is 17.2. The SMILES string of the molecule is O=C1O[C@@H](O)[C@@H]2[C@H]1N(Cc1ccccc1)C(=O)N2Cc1ccccc1. The largest absolute Gasteiger partial charge is 0.432 e. The highest BCUT2D eigenvalue weighted by molar-refractivity contribution is 5.90. The Morgan fingerprint density at radius 2 is 1.36 bits per heavy atom. The van der Waals surface area contributed by atoms with Crippen LogP contribution in [-0.2, 0) is 22.6 Å². The summed E-state index contributed by atoms with van der Waals surface area (Å²) in [5, 5.41) is 10.2. The molecular weight excluding hydrogens is 320 g/mol. The third kappa shape index (κ3) is 2.74. The van der Waals surface area contributed by atoms with Gasteiger partial charge in [-0.2, -0.15) is 0 Å². The van der Waals surface area contributed by atoms with Crippen LogP contribution in [-0.4, -0.2) is 45.3 Å². The van der Waals surface area contributed by atoms with Crippen LogP contribution in [0.5, 0.6) is 0 Å². The quantitative estimate of drug-likeness (QED) is 0.862. The molecule has 2 aromatic carbocycles. The van der Waals surface area contributed by atoms with Gasteiger partial charge in [0.25, 0.3) is 0 Å². The normalized spacial score (nSPS) is 25.2. The topological polar surface area (TPSA) is 70.1 Å². The second-order valence-electron chi connectivity index (χ2n) is 6.27. The number of aliphatic hydroxyl groups is 1. The van der Waals surface area contributed by atoms with E-state index in [4.69, 9.17) is 4.74 Å². The Morgan fingerprint density at radius 3 is 1.92 bits per heavy atom. The molecule has 0 radical (unpaired) electrons. The van der Waals surface area contributed by atoms with E-state index in [2.05, 4.69) is 0 Å². The predicted molar refractivity (Wildman–Crippen MR) is 89.0 cm³/mol. The van der Waals surface area contributed by atoms with Gasteiger partial charge < -0.3 is 19.6 Å². The van der Waals surface area contributed by atoms with Gasteiger partial charge in [-0.3, -0.25) is 0 Å². The molecule has 6 nitrogen and oxygen atoms in total. The van der Waals surface area contributed by atoms with Gasteiger partial charge in [-0.05, 0) is 11.1 Å². The fraction of sp³-hybridized carbons (Fsp3) is 0.263. The summed E-state index contributed by atoms with van der Waals surface area (Å²) in [6.07, 6.45) is -1.30. The lowest BCUT2D eigenvalue weighted by atomic mass is 10.1. The van der Waals surface area contributed by atoms with Crippen LogP contribution < -0.4 is 0 Å². The zero-order chi connectivity index (χ0) is 17.4. The van der Waals surface area contributed by atoms with Gasteiger partial charge in [-0.1, -0.05) is 60.7 Å². The fourth-order valence-corrected chi connectivity index (χ4v) is 3.50. The maximum Gasteiger partial charge on any atom is 0.333 e. The number of cyclic esters (lactones) is 1. The molecule has 128 valence electrons. The lowest BCUT2D eigenvalue weighted by Gasteiger charge is -2.24. The van der Waals surface area contributed by atoms with Crippen molar-refractivity contribution in [1.82, 2.24) is 9.80 Å². The second-order valence-corrected chi connectivity index (χ2v) is 6.27. The Kier molecular flexibility index (Phi) is 3.89. The standard InChI is InChI=1S/C19H18N2O4/c22-17-15-16(18(23)25-17)21(12-14-9-5-2-6-10-14)19(24)20(15)11-13-7-3-1-4-8-13/h1-10,15-17,22H,11-12H2/t15-,16+,17+/m0/s1. The first-order valence-corrected chi connectivity index (χ1v) is 8.19. The fourth-order valence-electron chi connectivity index (χ4n) is 3.50. The number of fused-ring (bicyclic) bond motifs is 1. The van der Waals surface area contributed by atoms with Crippen LogP contribution >= 0.6 is 0 Å². The zero-order valence-electron chi connectivity index (χ0n) is 13.5. The van der Waals surface area contributed by atoms with Crippen molar-refractivity contribution >= 4 is 12.0 Å². The molecule has 0 bridgehead atoms. The van der Waals surface area contributed by atoms with Gasteiger partial charge in [0.05, 0.1) is 0 Å². The number of hydrogen-bond donors (Lipinski definition) is 1. The average molecular weight is 338 g/mol. The maximum atomic E-state index is 13.0. The number of carbonyl (C=O) groups is 2. The molecule has 0 aliphatic carbocycles. The molecule has 0 saturated carbocycles. The van der Waals surface area contributed by atoms with Crippen LogP contribution in [0.1, 0.15) is 11.1 Å². The summed E-state index contributed by atoms with van der Waals surface area (Å²) in [4.78, 5) is 28.2. The van der Waals surface area contributed by atoms with Crippen molar-refractivity contribution in [3.05, 3.63) is 71.8 Å². The summed E-state index contributed by atoms with van der Waals surface area (Å²) < 4.78 is 4.99. The minimum absolute atomic E-state index is 0.265. The number of nitrogens with zero attached hydrogens (tertiary/aromatic N) is 2. The summed E-state index contributed by atoms with van der Waals surface area (Å²) in [5.74, 6) is -0.558. The van der Waals surface area contributed by atoms with Gasteiger partial charge in [-0.15, -0.1) is 0 Å². The third-order valence-electron chi connectivity index (χ3n) is 4.67. The highest BCUT2D eigenvalue weighted by atomic mass is 16.6.